The average Bonchev–Trinajstić information content (AvgIpc) is 2.56. The Bertz CT molecular complexity index is 472. The van der Waals surface area contributed by atoms with Crippen molar-refractivity contribution in [2.24, 2.45) is 4.99 Å². The second-order valence-corrected chi connectivity index (χ2v) is 5.88. The lowest BCUT2D eigenvalue weighted by Crippen LogP contribution is -2.43. The van der Waals surface area contributed by atoms with Crippen molar-refractivity contribution in [1.82, 2.24) is 20.5 Å². The van der Waals surface area contributed by atoms with E-state index in [4.69, 9.17) is 0 Å². The van der Waals surface area contributed by atoms with Crippen LogP contribution in [0, 0.1) is 6.92 Å². The second-order valence-electron chi connectivity index (χ2n) is 5.88. The average molecular weight is 431 g/mol. The molecule has 0 atom stereocenters. The topological polar surface area (TPSA) is 52.6 Å². The number of piperidine rings is 1. The Labute approximate surface area is 157 Å². The fraction of sp³-hybridized carbons (Fsp3) is 0.647. The molecule has 0 aromatic carbocycles. The number of hydrogen-bond donors (Lipinski definition) is 2. The van der Waals surface area contributed by atoms with Crippen LogP contribution < -0.4 is 10.6 Å². The summed E-state index contributed by atoms with van der Waals surface area (Å²) in [7, 11) is 1.83. The van der Waals surface area contributed by atoms with E-state index in [0.29, 0.717) is 0 Å². The Morgan fingerprint density at radius 1 is 1.22 bits per heavy atom. The molecule has 0 unspecified atom stereocenters. The van der Waals surface area contributed by atoms with Crippen LogP contribution in [0.4, 0.5) is 0 Å². The molecular formula is C17H30IN5. The summed E-state index contributed by atoms with van der Waals surface area (Å²) < 4.78 is 0. The highest BCUT2D eigenvalue weighted by Crippen LogP contribution is 2.07. The number of hydrogen-bond acceptors (Lipinski definition) is 3. The lowest BCUT2D eigenvalue weighted by atomic mass is 10.1. The van der Waals surface area contributed by atoms with Gasteiger partial charge in [-0.1, -0.05) is 6.42 Å². The molecule has 6 heteroatoms. The molecule has 1 saturated heterocycles. The van der Waals surface area contributed by atoms with Gasteiger partial charge < -0.3 is 15.5 Å². The number of rotatable bonds is 6. The Kier molecular flexibility index (Phi) is 10.2. The molecule has 130 valence electrons. The number of pyridine rings is 1. The predicted octanol–water partition coefficient (Wildman–Crippen LogP) is 2.20. The van der Waals surface area contributed by atoms with Gasteiger partial charge in [0.05, 0.1) is 0 Å². The van der Waals surface area contributed by atoms with Gasteiger partial charge >= 0.3 is 0 Å². The number of nitrogens with zero attached hydrogens (tertiary/aromatic N) is 3. The second kappa shape index (κ2) is 11.6. The maximum Gasteiger partial charge on any atom is 0.191 e. The molecule has 1 aromatic heterocycles. The SMILES string of the molecule is CN=C(NCCc1ccncc1C)NCCN1CCCCC1.I. The first-order valence-electron chi connectivity index (χ1n) is 8.36. The number of aryl methyl sites for hydroxylation is 1. The molecule has 23 heavy (non-hydrogen) atoms. The summed E-state index contributed by atoms with van der Waals surface area (Å²) in [6, 6.07) is 2.09. The lowest BCUT2D eigenvalue weighted by Gasteiger charge is -2.26. The highest BCUT2D eigenvalue weighted by molar-refractivity contribution is 14.0. The molecule has 2 heterocycles. The lowest BCUT2D eigenvalue weighted by molar-refractivity contribution is 0.232. The molecule has 0 amide bonds. The van der Waals surface area contributed by atoms with Crippen molar-refractivity contribution in [1.29, 1.82) is 0 Å². The van der Waals surface area contributed by atoms with E-state index < -0.39 is 0 Å². The Hall–Kier alpha value is -0.890. The molecular weight excluding hydrogens is 401 g/mol. The van der Waals surface area contributed by atoms with Crippen LogP contribution in [-0.2, 0) is 6.42 Å². The summed E-state index contributed by atoms with van der Waals surface area (Å²) in [4.78, 5) is 10.9. The molecule has 1 fully saturated rings. The van der Waals surface area contributed by atoms with Gasteiger partial charge in [-0.2, -0.15) is 0 Å². The highest BCUT2D eigenvalue weighted by Gasteiger charge is 2.09. The third kappa shape index (κ3) is 7.48. The molecule has 1 aliphatic rings. The molecule has 2 N–H and O–H groups in total. The third-order valence-electron chi connectivity index (χ3n) is 4.22. The van der Waals surface area contributed by atoms with Crippen molar-refractivity contribution in [3.63, 3.8) is 0 Å². The van der Waals surface area contributed by atoms with E-state index in [1.807, 2.05) is 19.4 Å². The Balaban J connectivity index is 0.00000264. The number of guanidine groups is 1. The van der Waals surface area contributed by atoms with E-state index in [1.54, 1.807) is 0 Å². The summed E-state index contributed by atoms with van der Waals surface area (Å²) in [6.07, 6.45) is 8.84. The van der Waals surface area contributed by atoms with Crippen LogP contribution in [0.1, 0.15) is 30.4 Å². The number of halogens is 1. The van der Waals surface area contributed by atoms with Crippen molar-refractivity contribution in [3.8, 4) is 0 Å². The van der Waals surface area contributed by atoms with Gasteiger partial charge in [-0.25, -0.2) is 0 Å². The standard InChI is InChI=1S/C17H29N5.HI/c1-15-14-19-8-6-16(15)7-9-20-17(18-2)21-10-13-22-11-4-3-5-12-22;/h6,8,14H,3-5,7,9-13H2,1-2H3,(H2,18,20,21);1H. The van der Waals surface area contributed by atoms with Gasteiger partial charge in [0, 0.05) is 39.1 Å². The van der Waals surface area contributed by atoms with Gasteiger partial charge in [0.15, 0.2) is 5.96 Å². The molecule has 0 spiro atoms. The van der Waals surface area contributed by atoms with Crippen molar-refractivity contribution < 1.29 is 0 Å². The van der Waals surface area contributed by atoms with Crippen LogP contribution >= 0.6 is 24.0 Å². The first-order chi connectivity index (χ1) is 10.8. The molecule has 1 aromatic rings. The molecule has 5 nitrogen and oxygen atoms in total. The van der Waals surface area contributed by atoms with Crippen molar-refractivity contribution >= 4 is 29.9 Å². The fourth-order valence-electron chi connectivity index (χ4n) is 2.83. The first-order valence-corrected chi connectivity index (χ1v) is 8.36. The Morgan fingerprint density at radius 3 is 2.65 bits per heavy atom. The fourth-order valence-corrected chi connectivity index (χ4v) is 2.83. The number of aliphatic imine (C=N–C) groups is 1. The van der Waals surface area contributed by atoms with E-state index in [2.05, 4.69) is 38.5 Å². The van der Waals surface area contributed by atoms with Gasteiger partial charge in [0.25, 0.3) is 0 Å². The summed E-state index contributed by atoms with van der Waals surface area (Å²) in [6.45, 7) is 7.53. The number of aromatic nitrogens is 1. The summed E-state index contributed by atoms with van der Waals surface area (Å²) in [5.74, 6) is 0.892. The van der Waals surface area contributed by atoms with E-state index >= 15 is 0 Å². The van der Waals surface area contributed by atoms with E-state index in [1.165, 1.54) is 43.5 Å². The smallest absolute Gasteiger partial charge is 0.191 e. The van der Waals surface area contributed by atoms with Crippen LogP contribution in [0.3, 0.4) is 0 Å². The van der Waals surface area contributed by atoms with Crippen LogP contribution in [0.25, 0.3) is 0 Å². The molecule has 2 rings (SSSR count). The maximum absolute atomic E-state index is 4.29. The molecule has 0 bridgehead atoms. The first kappa shape index (κ1) is 20.2. The zero-order valence-corrected chi connectivity index (χ0v) is 16.7. The van der Waals surface area contributed by atoms with Crippen molar-refractivity contribution in [2.45, 2.75) is 32.6 Å². The van der Waals surface area contributed by atoms with E-state index in [-0.39, 0.29) is 24.0 Å². The highest BCUT2D eigenvalue weighted by atomic mass is 127. The monoisotopic (exact) mass is 431 g/mol. The normalized spacial score (nSPS) is 15.8. The van der Waals surface area contributed by atoms with Crippen LogP contribution in [0.15, 0.2) is 23.5 Å². The van der Waals surface area contributed by atoms with Gasteiger partial charge in [-0.3, -0.25) is 9.98 Å². The summed E-state index contributed by atoms with van der Waals surface area (Å²) >= 11 is 0. The van der Waals surface area contributed by atoms with E-state index in [9.17, 15) is 0 Å². The van der Waals surface area contributed by atoms with Crippen molar-refractivity contribution in [2.75, 3.05) is 39.8 Å². The molecule has 0 radical (unpaired) electrons. The van der Waals surface area contributed by atoms with Crippen LogP contribution in [0.2, 0.25) is 0 Å². The minimum atomic E-state index is 0. The zero-order valence-electron chi connectivity index (χ0n) is 14.3. The minimum absolute atomic E-state index is 0. The summed E-state index contributed by atoms with van der Waals surface area (Å²) in [5.41, 5.74) is 2.59. The minimum Gasteiger partial charge on any atom is -0.356 e. The van der Waals surface area contributed by atoms with E-state index in [0.717, 1.165) is 32.0 Å². The van der Waals surface area contributed by atoms with Gasteiger partial charge in [-0.15, -0.1) is 24.0 Å². The molecule has 0 aliphatic carbocycles. The predicted molar refractivity (Wildman–Crippen MR) is 108 cm³/mol. The van der Waals surface area contributed by atoms with Crippen LogP contribution in [-0.4, -0.2) is 55.6 Å². The number of nitrogens with one attached hydrogen (secondary N) is 2. The zero-order chi connectivity index (χ0) is 15.6. The molecule has 0 saturated carbocycles. The Morgan fingerprint density at radius 2 is 1.96 bits per heavy atom. The quantitative estimate of drug-likeness (QED) is 0.412. The van der Waals surface area contributed by atoms with Crippen LogP contribution in [0.5, 0.6) is 0 Å². The van der Waals surface area contributed by atoms with Gasteiger partial charge in [0.2, 0.25) is 0 Å². The molecule has 1 aliphatic heterocycles. The number of likely N-dealkylation sites (tertiary alicyclic amines) is 1. The largest absolute Gasteiger partial charge is 0.356 e. The van der Waals surface area contributed by atoms with Gasteiger partial charge in [0.1, 0.15) is 0 Å². The van der Waals surface area contributed by atoms with Crippen molar-refractivity contribution in [3.05, 3.63) is 29.6 Å². The maximum atomic E-state index is 4.29. The summed E-state index contributed by atoms with van der Waals surface area (Å²) in [5, 5.41) is 6.79. The van der Waals surface area contributed by atoms with Gasteiger partial charge in [-0.05, 0) is 56.5 Å². The third-order valence-corrected chi connectivity index (χ3v) is 4.22.